The van der Waals surface area contributed by atoms with E-state index in [-0.39, 0.29) is 12.2 Å². The van der Waals surface area contributed by atoms with E-state index in [9.17, 15) is 4.79 Å². The Bertz CT molecular complexity index is 799. The van der Waals surface area contributed by atoms with Gasteiger partial charge in [0.15, 0.2) is 23.4 Å². The van der Waals surface area contributed by atoms with Crippen molar-refractivity contribution < 1.29 is 28.5 Å². The molecule has 0 aliphatic carbocycles. The molecular formula is C19H20O6. The molecule has 0 bridgehead atoms. The predicted molar refractivity (Wildman–Crippen MR) is 91.2 cm³/mol. The van der Waals surface area contributed by atoms with Crippen molar-refractivity contribution in [2.75, 3.05) is 28.4 Å². The van der Waals surface area contributed by atoms with Crippen molar-refractivity contribution in [3.05, 3.63) is 41.5 Å². The summed E-state index contributed by atoms with van der Waals surface area (Å²) < 4.78 is 27.2. The molecule has 0 spiro atoms. The van der Waals surface area contributed by atoms with E-state index in [1.807, 2.05) is 0 Å². The normalized spacial score (nSPS) is 15.8. The summed E-state index contributed by atoms with van der Waals surface area (Å²) in [5, 5.41) is 0. The molecular weight excluding hydrogens is 324 g/mol. The minimum atomic E-state index is -0.718. The summed E-state index contributed by atoms with van der Waals surface area (Å²) in [6.07, 6.45) is -0.495. The number of hydrogen-bond acceptors (Lipinski definition) is 6. The molecule has 0 radical (unpaired) electrons. The lowest BCUT2D eigenvalue weighted by Gasteiger charge is -2.27. The zero-order valence-corrected chi connectivity index (χ0v) is 14.6. The van der Waals surface area contributed by atoms with Gasteiger partial charge in [0.25, 0.3) is 0 Å². The number of ketones is 1. The van der Waals surface area contributed by atoms with Crippen LogP contribution in [-0.2, 0) is 11.2 Å². The Morgan fingerprint density at radius 1 is 0.880 bits per heavy atom. The number of carbonyl (C=O) groups is 1. The molecule has 6 heteroatoms. The van der Waals surface area contributed by atoms with Crippen molar-refractivity contribution >= 4 is 5.78 Å². The molecule has 0 saturated carbocycles. The van der Waals surface area contributed by atoms with Crippen LogP contribution in [0.4, 0.5) is 0 Å². The maximum Gasteiger partial charge on any atom is 0.182 e. The van der Waals surface area contributed by atoms with Gasteiger partial charge >= 0.3 is 0 Å². The van der Waals surface area contributed by atoms with Crippen LogP contribution in [0.1, 0.15) is 17.2 Å². The van der Waals surface area contributed by atoms with Gasteiger partial charge in [0.05, 0.1) is 28.4 Å². The van der Waals surface area contributed by atoms with Crippen LogP contribution in [0.2, 0.25) is 0 Å². The first-order valence-corrected chi connectivity index (χ1v) is 7.77. The summed E-state index contributed by atoms with van der Waals surface area (Å²) in [5.41, 5.74) is 1.43. The van der Waals surface area contributed by atoms with Crippen LogP contribution in [0.3, 0.4) is 0 Å². The second-order valence-electron chi connectivity index (χ2n) is 5.56. The van der Waals surface area contributed by atoms with E-state index in [1.165, 1.54) is 0 Å². The fourth-order valence-electron chi connectivity index (χ4n) is 2.90. The molecule has 132 valence electrons. The summed E-state index contributed by atoms with van der Waals surface area (Å²) in [6, 6.07) is 8.81. The second kappa shape index (κ2) is 6.93. The van der Waals surface area contributed by atoms with Crippen molar-refractivity contribution in [2.24, 2.45) is 0 Å². The second-order valence-corrected chi connectivity index (χ2v) is 5.56. The summed E-state index contributed by atoms with van der Waals surface area (Å²) in [4.78, 5) is 12.7. The van der Waals surface area contributed by atoms with Gasteiger partial charge in [-0.1, -0.05) is 6.07 Å². The quantitative estimate of drug-likeness (QED) is 0.831. The third-order valence-electron chi connectivity index (χ3n) is 4.20. The van der Waals surface area contributed by atoms with Gasteiger partial charge in [-0.2, -0.15) is 0 Å². The van der Waals surface area contributed by atoms with Gasteiger partial charge in [0, 0.05) is 29.7 Å². The van der Waals surface area contributed by atoms with Crippen molar-refractivity contribution in [1.29, 1.82) is 0 Å². The minimum absolute atomic E-state index is 0.0526. The van der Waals surface area contributed by atoms with Crippen molar-refractivity contribution in [3.63, 3.8) is 0 Å². The summed E-state index contributed by atoms with van der Waals surface area (Å²) >= 11 is 0. The smallest absolute Gasteiger partial charge is 0.182 e. The molecule has 25 heavy (non-hydrogen) atoms. The number of fused-ring (bicyclic) bond motifs is 1. The highest BCUT2D eigenvalue weighted by Gasteiger charge is 2.32. The monoisotopic (exact) mass is 344 g/mol. The van der Waals surface area contributed by atoms with Crippen molar-refractivity contribution in [3.8, 4) is 28.7 Å². The molecule has 1 aliphatic heterocycles. The van der Waals surface area contributed by atoms with Gasteiger partial charge in [-0.25, -0.2) is 0 Å². The van der Waals surface area contributed by atoms with E-state index in [0.717, 1.165) is 5.56 Å². The van der Waals surface area contributed by atoms with E-state index in [4.69, 9.17) is 23.7 Å². The van der Waals surface area contributed by atoms with Crippen LogP contribution in [0.15, 0.2) is 30.3 Å². The molecule has 0 N–H and O–H groups in total. The van der Waals surface area contributed by atoms with Crippen LogP contribution in [-0.4, -0.2) is 34.2 Å². The Morgan fingerprint density at radius 3 is 2.24 bits per heavy atom. The van der Waals surface area contributed by atoms with E-state index in [0.29, 0.717) is 34.3 Å². The molecule has 0 fully saturated rings. The van der Waals surface area contributed by atoms with E-state index >= 15 is 0 Å². The van der Waals surface area contributed by atoms with Crippen LogP contribution >= 0.6 is 0 Å². The van der Waals surface area contributed by atoms with Crippen molar-refractivity contribution in [2.45, 2.75) is 12.5 Å². The highest BCUT2D eigenvalue weighted by molar-refractivity contribution is 5.89. The third kappa shape index (κ3) is 3.07. The van der Waals surface area contributed by atoms with Gasteiger partial charge in [0.1, 0.15) is 17.2 Å². The maximum absolute atomic E-state index is 12.7. The molecule has 1 aliphatic rings. The Balaban J connectivity index is 2.00. The average Bonchev–Trinajstić information content (AvgIpc) is 2.66. The molecule has 1 atom stereocenters. The highest BCUT2D eigenvalue weighted by Crippen LogP contribution is 2.42. The predicted octanol–water partition coefficient (Wildman–Crippen LogP) is 2.97. The fourth-order valence-corrected chi connectivity index (χ4v) is 2.90. The Morgan fingerprint density at radius 2 is 1.60 bits per heavy atom. The number of hydrogen-bond donors (Lipinski definition) is 0. The lowest BCUT2D eigenvalue weighted by molar-refractivity contribution is -0.126. The zero-order chi connectivity index (χ0) is 18.0. The Kier molecular flexibility index (Phi) is 4.70. The molecule has 1 heterocycles. The molecule has 1 unspecified atom stereocenters. The molecule has 2 aromatic rings. The van der Waals surface area contributed by atoms with Gasteiger partial charge in [0.2, 0.25) is 0 Å². The largest absolute Gasteiger partial charge is 0.496 e. The van der Waals surface area contributed by atoms with Gasteiger partial charge < -0.3 is 23.7 Å². The van der Waals surface area contributed by atoms with Gasteiger partial charge in [-0.05, 0) is 12.1 Å². The van der Waals surface area contributed by atoms with Gasteiger partial charge in [-0.3, -0.25) is 4.79 Å². The number of rotatable bonds is 5. The Hall–Kier alpha value is -2.89. The topological polar surface area (TPSA) is 63.2 Å². The number of benzene rings is 2. The molecule has 0 aromatic heterocycles. The molecule has 6 nitrogen and oxygen atoms in total. The lowest BCUT2D eigenvalue weighted by atomic mass is 9.95. The third-order valence-corrected chi connectivity index (χ3v) is 4.20. The first-order valence-electron chi connectivity index (χ1n) is 7.77. The van der Waals surface area contributed by atoms with E-state index < -0.39 is 6.10 Å². The Labute approximate surface area is 146 Å². The van der Waals surface area contributed by atoms with Crippen LogP contribution in [0.25, 0.3) is 0 Å². The van der Waals surface area contributed by atoms with Crippen LogP contribution < -0.4 is 23.7 Å². The number of Topliss-reactive ketones (excluding diaryl/α,β-unsaturated/α-hetero) is 1. The molecule has 0 amide bonds. The molecule has 3 rings (SSSR count). The zero-order valence-electron chi connectivity index (χ0n) is 14.6. The lowest BCUT2D eigenvalue weighted by Crippen LogP contribution is -2.26. The number of ether oxygens (including phenoxy) is 5. The van der Waals surface area contributed by atoms with Gasteiger partial charge in [-0.15, -0.1) is 0 Å². The first kappa shape index (κ1) is 17.0. The maximum atomic E-state index is 12.7. The van der Waals surface area contributed by atoms with Crippen molar-refractivity contribution in [1.82, 2.24) is 0 Å². The number of carbonyl (C=O) groups excluding carboxylic acids is 1. The summed E-state index contributed by atoms with van der Waals surface area (Å²) in [7, 11) is 6.24. The van der Waals surface area contributed by atoms with E-state index in [2.05, 4.69) is 0 Å². The standard InChI is InChI=1S/C19H20O6/c1-21-12-8-16(23-3)13-10-14(20)19(25-17(13)9-12)11-5-6-15(22-2)18(7-11)24-4/h5-9,19H,10H2,1-4H3. The van der Waals surface area contributed by atoms with E-state index in [1.54, 1.807) is 58.8 Å². The van der Waals surface area contributed by atoms with Crippen LogP contribution in [0.5, 0.6) is 28.7 Å². The molecule has 0 saturated heterocycles. The summed E-state index contributed by atoms with van der Waals surface area (Å²) in [5.74, 6) is 2.85. The van der Waals surface area contributed by atoms with Crippen LogP contribution in [0, 0.1) is 0 Å². The fraction of sp³-hybridized carbons (Fsp3) is 0.316. The summed E-state index contributed by atoms with van der Waals surface area (Å²) in [6.45, 7) is 0. The minimum Gasteiger partial charge on any atom is -0.496 e. The molecule has 2 aromatic carbocycles. The highest BCUT2D eigenvalue weighted by atomic mass is 16.5. The number of methoxy groups -OCH3 is 4. The SMILES string of the molecule is COc1cc(OC)c2c(c1)OC(c1ccc(OC)c(OC)c1)C(=O)C2. The average molecular weight is 344 g/mol. The first-order chi connectivity index (χ1) is 12.1.